The summed E-state index contributed by atoms with van der Waals surface area (Å²) in [5.74, 6) is -0.328. The lowest BCUT2D eigenvalue weighted by atomic mass is 10.2. The topological polar surface area (TPSA) is 103 Å². The fourth-order valence-corrected chi connectivity index (χ4v) is 2.75. The molecule has 1 aromatic carbocycles. The van der Waals surface area contributed by atoms with E-state index in [0.29, 0.717) is 34.0 Å². The number of thiazole rings is 1. The molecule has 0 radical (unpaired) electrons. The van der Waals surface area contributed by atoms with Crippen LogP contribution >= 0.6 is 11.3 Å². The van der Waals surface area contributed by atoms with E-state index in [0.717, 1.165) is 0 Å². The van der Waals surface area contributed by atoms with Crippen LogP contribution in [0.25, 0.3) is 10.2 Å². The van der Waals surface area contributed by atoms with Crippen LogP contribution in [-0.4, -0.2) is 35.1 Å². The number of aromatic hydroxyl groups is 1. The zero-order valence-electron chi connectivity index (χ0n) is 11.7. The third kappa shape index (κ3) is 3.40. The molecular weight excluding hydrogens is 292 g/mol. The monoisotopic (exact) mass is 308 g/mol. The van der Waals surface area contributed by atoms with Crippen molar-refractivity contribution in [2.24, 2.45) is 0 Å². The van der Waals surface area contributed by atoms with Crippen LogP contribution in [-0.2, 0) is 0 Å². The van der Waals surface area contributed by atoms with Gasteiger partial charge in [-0.1, -0.05) is 11.3 Å². The van der Waals surface area contributed by atoms with Crippen molar-refractivity contribution >= 4 is 38.6 Å². The van der Waals surface area contributed by atoms with Crippen molar-refractivity contribution in [3.05, 3.63) is 17.7 Å². The van der Waals surface area contributed by atoms with Crippen LogP contribution < -0.4 is 16.0 Å². The zero-order chi connectivity index (χ0) is 15.4. The average Bonchev–Trinajstić information content (AvgIpc) is 2.80. The van der Waals surface area contributed by atoms with Crippen molar-refractivity contribution in [2.45, 2.75) is 13.8 Å². The zero-order valence-corrected chi connectivity index (χ0v) is 12.5. The minimum atomic E-state index is -0.361. The number of carbonyl (C=O) groups excluding carboxylic acids is 2. The summed E-state index contributed by atoms with van der Waals surface area (Å²) in [7, 11) is 0. The van der Waals surface area contributed by atoms with E-state index >= 15 is 0 Å². The molecule has 0 aliphatic rings. The molecule has 0 bridgehead atoms. The molecule has 1 aromatic heterocycles. The Kier molecular flexibility index (Phi) is 4.59. The number of nitrogens with one attached hydrogen (secondary N) is 3. The molecule has 3 amide bonds. The number of hydrogen-bond acceptors (Lipinski definition) is 5. The number of fused-ring (bicyclic) bond motifs is 1. The van der Waals surface area contributed by atoms with E-state index in [1.165, 1.54) is 23.5 Å². The molecule has 8 heteroatoms. The lowest BCUT2D eigenvalue weighted by molar-refractivity contribution is 0.0957. The number of benzene rings is 1. The van der Waals surface area contributed by atoms with Gasteiger partial charge in [0.1, 0.15) is 5.75 Å². The second-order valence-electron chi connectivity index (χ2n) is 4.20. The van der Waals surface area contributed by atoms with Crippen LogP contribution in [0, 0.1) is 0 Å². The Hall–Kier alpha value is -2.35. The summed E-state index contributed by atoms with van der Waals surface area (Å²) in [6.07, 6.45) is 0. The summed E-state index contributed by atoms with van der Waals surface area (Å²) in [5, 5.41) is 17.9. The van der Waals surface area contributed by atoms with Gasteiger partial charge in [0.25, 0.3) is 5.91 Å². The molecular formula is C13H16N4O3S. The number of phenols is 1. The quantitative estimate of drug-likeness (QED) is 0.692. The van der Waals surface area contributed by atoms with Crippen molar-refractivity contribution < 1.29 is 14.7 Å². The third-order valence-corrected chi connectivity index (χ3v) is 3.63. The predicted octanol–water partition coefficient (Wildman–Crippen LogP) is 1.89. The molecule has 0 spiro atoms. The highest BCUT2D eigenvalue weighted by Gasteiger charge is 2.16. The van der Waals surface area contributed by atoms with Crippen LogP contribution in [0.4, 0.5) is 9.93 Å². The Bertz CT molecular complexity index is 683. The highest BCUT2D eigenvalue weighted by atomic mass is 32.1. The molecule has 2 rings (SSSR count). The SMILES string of the molecule is CCNC(=O)Nc1nc2cc(O)cc(C(=O)NCC)c2s1. The first-order valence-corrected chi connectivity index (χ1v) is 7.33. The highest BCUT2D eigenvalue weighted by molar-refractivity contribution is 7.22. The smallest absolute Gasteiger partial charge is 0.321 e. The molecule has 2 aromatic rings. The number of carbonyl (C=O) groups is 2. The van der Waals surface area contributed by atoms with Crippen molar-refractivity contribution in [2.75, 3.05) is 18.4 Å². The van der Waals surface area contributed by atoms with Gasteiger partial charge >= 0.3 is 6.03 Å². The van der Waals surface area contributed by atoms with E-state index in [2.05, 4.69) is 20.9 Å². The first-order chi connectivity index (χ1) is 10.0. The first kappa shape index (κ1) is 15.0. The Balaban J connectivity index is 2.39. The van der Waals surface area contributed by atoms with E-state index in [1.807, 2.05) is 13.8 Å². The van der Waals surface area contributed by atoms with E-state index in [9.17, 15) is 14.7 Å². The first-order valence-electron chi connectivity index (χ1n) is 6.51. The Morgan fingerprint density at radius 3 is 2.62 bits per heavy atom. The third-order valence-electron chi connectivity index (χ3n) is 2.61. The summed E-state index contributed by atoms with van der Waals surface area (Å²) < 4.78 is 0.616. The van der Waals surface area contributed by atoms with Gasteiger partial charge in [0.15, 0.2) is 5.13 Å². The molecule has 1 heterocycles. The summed E-state index contributed by atoms with van der Waals surface area (Å²) in [5.41, 5.74) is 0.807. The molecule has 0 saturated carbocycles. The number of anilines is 1. The fraction of sp³-hybridized carbons (Fsp3) is 0.308. The molecule has 21 heavy (non-hydrogen) atoms. The summed E-state index contributed by atoms with van der Waals surface area (Å²) >= 11 is 1.19. The van der Waals surface area contributed by atoms with Crippen LogP contribution in [0.5, 0.6) is 5.75 Å². The summed E-state index contributed by atoms with van der Waals surface area (Å²) in [6.45, 7) is 4.61. The molecule has 4 N–H and O–H groups in total. The van der Waals surface area contributed by atoms with Crippen molar-refractivity contribution in [3.8, 4) is 5.75 Å². The van der Waals surface area contributed by atoms with E-state index in [-0.39, 0.29) is 17.7 Å². The van der Waals surface area contributed by atoms with Gasteiger partial charge in [-0.25, -0.2) is 9.78 Å². The standard InChI is InChI=1S/C13H16N4O3S/c1-3-14-11(19)8-5-7(18)6-9-10(8)21-13(16-9)17-12(20)15-4-2/h5-6,18H,3-4H2,1-2H3,(H,14,19)(H2,15,16,17,20). The van der Waals surface area contributed by atoms with E-state index in [1.54, 1.807) is 0 Å². The molecule has 0 aliphatic heterocycles. The Morgan fingerprint density at radius 1 is 1.24 bits per heavy atom. The van der Waals surface area contributed by atoms with Gasteiger partial charge in [-0.3, -0.25) is 10.1 Å². The minimum Gasteiger partial charge on any atom is -0.508 e. The predicted molar refractivity (Wildman–Crippen MR) is 82.0 cm³/mol. The van der Waals surface area contributed by atoms with Crippen molar-refractivity contribution in [1.82, 2.24) is 15.6 Å². The maximum Gasteiger partial charge on any atom is 0.321 e. The molecule has 0 fully saturated rings. The number of rotatable bonds is 4. The number of amides is 3. The fourth-order valence-electron chi connectivity index (χ4n) is 1.80. The lowest BCUT2D eigenvalue weighted by Crippen LogP contribution is -2.28. The number of hydrogen-bond donors (Lipinski definition) is 4. The van der Waals surface area contributed by atoms with Gasteiger partial charge in [0.2, 0.25) is 0 Å². The average molecular weight is 308 g/mol. The van der Waals surface area contributed by atoms with Gasteiger partial charge in [0.05, 0.1) is 15.8 Å². The maximum atomic E-state index is 12.0. The molecule has 112 valence electrons. The molecule has 0 aliphatic carbocycles. The van der Waals surface area contributed by atoms with Crippen LogP contribution in [0.3, 0.4) is 0 Å². The van der Waals surface area contributed by atoms with Gasteiger partial charge < -0.3 is 15.7 Å². The van der Waals surface area contributed by atoms with Crippen LogP contribution in [0.1, 0.15) is 24.2 Å². The number of phenolic OH excluding ortho intramolecular Hbond substituents is 1. The van der Waals surface area contributed by atoms with Gasteiger partial charge in [-0.15, -0.1) is 0 Å². The van der Waals surface area contributed by atoms with Gasteiger partial charge in [0, 0.05) is 19.2 Å². The Labute approximate surface area is 125 Å². The normalized spacial score (nSPS) is 10.4. The molecule has 7 nitrogen and oxygen atoms in total. The lowest BCUT2D eigenvalue weighted by Gasteiger charge is -2.03. The van der Waals surface area contributed by atoms with E-state index in [4.69, 9.17) is 0 Å². The molecule has 0 saturated heterocycles. The maximum absolute atomic E-state index is 12.0. The van der Waals surface area contributed by atoms with Gasteiger partial charge in [-0.2, -0.15) is 0 Å². The van der Waals surface area contributed by atoms with Crippen molar-refractivity contribution in [1.29, 1.82) is 0 Å². The minimum absolute atomic E-state index is 0.0430. The molecule has 0 unspecified atom stereocenters. The van der Waals surface area contributed by atoms with Crippen molar-refractivity contribution in [3.63, 3.8) is 0 Å². The molecule has 0 atom stereocenters. The van der Waals surface area contributed by atoms with Crippen LogP contribution in [0.15, 0.2) is 12.1 Å². The summed E-state index contributed by atoms with van der Waals surface area (Å²) in [6, 6.07) is 2.49. The van der Waals surface area contributed by atoms with E-state index < -0.39 is 0 Å². The Morgan fingerprint density at radius 2 is 1.95 bits per heavy atom. The number of nitrogens with zero attached hydrogens (tertiary/aromatic N) is 1. The number of aromatic nitrogens is 1. The number of urea groups is 1. The summed E-state index contributed by atoms with van der Waals surface area (Å²) in [4.78, 5) is 27.7. The van der Waals surface area contributed by atoms with Crippen LogP contribution in [0.2, 0.25) is 0 Å². The van der Waals surface area contributed by atoms with Gasteiger partial charge in [-0.05, 0) is 19.9 Å². The second kappa shape index (κ2) is 6.40. The largest absolute Gasteiger partial charge is 0.508 e. The highest BCUT2D eigenvalue weighted by Crippen LogP contribution is 2.32. The second-order valence-corrected chi connectivity index (χ2v) is 5.20.